The lowest BCUT2D eigenvalue weighted by atomic mass is 10.0. The summed E-state index contributed by atoms with van der Waals surface area (Å²) in [4.78, 5) is 16.9. The van der Waals surface area contributed by atoms with E-state index in [9.17, 15) is 13.6 Å². The molecular weight excluding hydrogens is 376 g/mol. The average Bonchev–Trinajstić information content (AvgIpc) is 3.14. The fourth-order valence-corrected chi connectivity index (χ4v) is 3.12. The zero-order chi connectivity index (χ0) is 20.4. The number of Topliss-reactive ketones (excluding diaryl/α,β-unsaturated/α-hetero) is 1. The molecule has 146 valence electrons. The lowest BCUT2D eigenvalue weighted by Crippen LogP contribution is -2.06. The Morgan fingerprint density at radius 3 is 2.52 bits per heavy atom. The van der Waals surface area contributed by atoms with Gasteiger partial charge in [-0.1, -0.05) is 12.1 Å². The summed E-state index contributed by atoms with van der Waals surface area (Å²) in [5.74, 6) is -0.132. The van der Waals surface area contributed by atoms with Crippen molar-refractivity contribution in [2.45, 2.75) is 13.0 Å². The molecule has 0 aliphatic rings. The van der Waals surface area contributed by atoms with Crippen molar-refractivity contribution in [1.29, 1.82) is 0 Å². The molecule has 5 nitrogen and oxygen atoms in total. The lowest BCUT2D eigenvalue weighted by Gasteiger charge is -2.07. The molecule has 0 N–H and O–H groups in total. The molecule has 0 fully saturated rings. The van der Waals surface area contributed by atoms with Crippen LogP contribution >= 0.6 is 0 Å². The summed E-state index contributed by atoms with van der Waals surface area (Å²) < 4.78 is 30.5. The smallest absolute Gasteiger partial charge is 0.387 e. The summed E-state index contributed by atoms with van der Waals surface area (Å²) in [5.41, 5.74) is 3.09. The number of hydrogen-bond acceptors (Lipinski definition) is 4. The summed E-state index contributed by atoms with van der Waals surface area (Å²) >= 11 is 0. The van der Waals surface area contributed by atoms with Crippen molar-refractivity contribution in [3.05, 3.63) is 78.4 Å². The van der Waals surface area contributed by atoms with Gasteiger partial charge in [0.05, 0.1) is 12.6 Å². The standard InChI is InChI=1S/C22H17F2N3O2/c1-27-13-18(12-26-27)15-2-3-16-11-25-19(9-17(16)8-15)10-21(28)14-4-6-20(7-5-14)29-22(23)24/h2-9,11-13,22H,10H2,1H3. The van der Waals surface area contributed by atoms with Gasteiger partial charge in [-0.25, -0.2) is 0 Å². The molecule has 0 unspecified atom stereocenters. The number of aryl methyl sites for hydroxylation is 1. The highest BCUT2D eigenvalue weighted by molar-refractivity contribution is 5.98. The Morgan fingerprint density at radius 2 is 1.83 bits per heavy atom. The molecule has 29 heavy (non-hydrogen) atoms. The van der Waals surface area contributed by atoms with Crippen molar-refractivity contribution in [3.8, 4) is 16.9 Å². The van der Waals surface area contributed by atoms with E-state index in [1.165, 1.54) is 24.3 Å². The van der Waals surface area contributed by atoms with Gasteiger partial charge in [0.1, 0.15) is 5.75 Å². The SMILES string of the molecule is Cn1cc(-c2ccc3cnc(CC(=O)c4ccc(OC(F)F)cc4)cc3c2)cn1. The van der Waals surface area contributed by atoms with E-state index in [1.807, 2.05) is 37.5 Å². The molecule has 2 heterocycles. The molecule has 2 aromatic heterocycles. The van der Waals surface area contributed by atoms with Gasteiger partial charge in [-0.15, -0.1) is 0 Å². The Morgan fingerprint density at radius 1 is 1.03 bits per heavy atom. The number of alkyl halides is 2. The molecule has 0 amide bonds. The van der Waals surface area contributed by atoms with Gasteiger partial charge in [-0.3, -0.25) is 14.5 Å². The van der Waals surface area contributed by atoms with Gasteiger partial charge in [0.2, 0.25) is 0 Å². The first-order valence-electron chi connectivity index (χ1n) is 8.94. The van der Waals surface area contributed by atoms with E-state index >= 15 is 0 Å². The minimum Gasteiger partial charge on any atom is -0.435 e. The summed E-state index contributed by atoms with van der Waals surface area (Å²) in [6, 6.07) is 13.6. The van der Waals surface area contributed by atoms with Crippen molar-refractivity contribution >= 4 is 16.6 Å². The number of carbonyl (C=O) groups excluding carboxylic acids is 1. The summed E-state index contributed by atoms with van der Waals surface area (Å²) in [6.45, 7) is -2.89. The maximum atomic E-state index is 12.5. The van der Waals surface area contributed by atoms with Crippen LogP contribution in [-0.4, -0.2) is 27.2 Å². The van der Waals surface area contributed by atoms with E-state index in [1.54, 1.807) is 17.1 Å². The van der Waals surface area contributed by atoms with Crippen LogP contribution in [0.2, 0.25) is 0 Å². The van der Waals surface area contributed by atoms with Crippen molar-refractivity contribution in [2.24, 2.45) is 7.05 Å². The molecule has 0 aliphatic carbocycles. The second-order valence-electron chi connectivity index (χ2n) is 6.64. The van der Waals surface area contributed by atoms with E-state index in [0.717, 1.165) is 21.9 Å². The number of ketones is 1. The summed E-state index contributed by atoms with van der Waals surface area (Å²) in [7, 11) is 1.87. The van der Waals surface area contributed by atoms with Gasteiger partial charge in [-0.2, -0.15) is 13.9 Å². The number of aromatic nitrogens is 3. The molecule has 2 aromatic carbocycles. The Kier molecular flexibility index (Phi) is 5.03. The van der Waals surface area contributed by atoms with Gasteiger partial charge >= 0.3 is 6.61 Å². The number of hydrogen-bond donors (Lipinski definition) is 0. The minimum atomic E-state index is -2.89. The number of benzene rings is 2. The van der Waals surface area contributed by atoms with Crippen molar-refractivity contribution in [1.82, 2.24) is 14.8 Å². The summed E-state index contributed by atoms with van der Waals surface area (Å²) in [6.07, 6.45) is 5.59. The van der Waals surface area contributed by atoms with Crippen molar-refractivity contribution in [2.75, 3.05) is 0 Å². The number of ether oxygens (including phenoxy) is 1. The molecule has 0 aliphatic heterocycles. The van der Waals surface area contributed by atoms with Gasteiger partial charge in [0, 0.05) is 41.6 Å². The van der Waals surface area contributed by atoms with Crippen LogP contribution < -0.4 is 4.74 Å². The molecule has 4 aromatic rings. The lowest BCUT2D eigenvalue weighted by molar-refractivity contribution is -0.0498. The number of pyridine rings is 1. The van der Waals surface area contributed by atoms with E-state index in [4.69, 9.17) is 0 Å². The number of nitrogens with zero attached hydrogens (tertiary/aromatic N) is 3. The Hall–Kier alpha value is -3.61. The van der Waals surface area contributed by atoms with Crippen LogP contribution in [-0.2, 0) is 13.5 Å². The van der Waals surface area contributed by atoms with Crippen LogP contribution in [0.3, 0.4) is 0 Å². The molecular formula is C22H17F2N3O2. The van der Waals surface area contributed by atoms with Crippen LogP contribution in [0.1, 0.15) is 16.1 Å². The molecule has 0 spiro atoms. The number of rotatable bonds is 6. The highest BCUT2D eigenvalue weighted by Gasteiger charge is 2.11. The van der Waals surface area contributed by atoms with E-state index < -0.39 is 6.61 Å². The normalized spacial score (nSPS) is 11.2. The van der Waals surface area contributed by atoms with Gasteiger partial charge in [0.25, 0.3) is 0 Å². The van der Waals surface area contributed by atoms with Crippen molar-refractivity contribution in [3.63, 3.8) is 0 Å². The quantitative estimate of drug-likeness (QED) is 0.447. The van der Waals surface area contributed by atoms with Gasteiger partial charge < -0.3 is 4.74 Å². The largest absolute Gasteiger partial charge is 0.435 e. The maximum Gasteiger partial charge on any atom is 0.387 e. The second-order valence-corrected chi connectivity index (χ2v) is 6.64. The van der Waals surface area contributed by atoms with Crippen LogP contribution in [0.15, 0.2) is 67.1 Å². The molecule has 4 rings (SSSR count). The molecule has 0 atom stereocenters. The Labute approximate surface area is 165 Å². The Balaban J connectivity index is 1.55. The van der Waals surface area contributed by atoms with E-state index in [0.29, 0.717) is 11.3 Å². The highest BCUT2D eigenvalue weighted by atomic mass is 19.3. The van der Waals surface area contributed by atoms with Gasteiger partial charge in [0.15, 0.2) is 5.78 Å². The highest BCUT2D eigenvalue weighted by Crippen LogP contribution is 2.24. The van der Waals surface area contributed by atoms with Crippen LogP contribution in [0.4, 0.5) is 8.78 Å². The number of halogens is 2. The monoisotopic (exact) mass is 393 g/mol. The maximum absolute atomic E-state index is 12.5. The average molecular weight is 393 g/mol. The molecule has 0 radical (unpaired) electrons. The topological polar surface area (TPSA) is 57.0 Å². The van der Waals surface area contributed by atoms with Crippen LogP contribution in [0.5, 0.6) is 5.75 Å². The van der Waals surface area contributed by atoms with Crippen molar-refractivity contribution < 1.29 is 18.3 Å². The Bertz CT molecular complexity index is 1170. The predicted octanol–water partition coefficient (Wildman–Crippen LogP) is 4.66. The number of fused-ring (bicyclic) bond motifs is 1. The fourth-order valence-electron chi connectivity index (χ4n) is 3.12. The minimum absolute atomic E-state index is 0.0170. The predicted molar refractivity (Wildman–Crippen MR) is 105 cm³/mol. The van der Waals surface area contributed by atoms with E-state index in [-0.39, 0.29) is 18.0 Å². The third kappa shape index (κ3) is 4.29. The van der Waals surface area contributed by atoms with Gasteiger partial charge in [-0.05, 0) is 47.3 Å². The first-order valence-corrected chi connectivity index (χ1v) is 8.94. The molecule has 0 bridgehead atoms. The fraction of sp³-hybridized carbons (Fsp3) is 0.136. The molecule has 7 heteroatoms. The first-order chi connectivity index (χ1) is 14.0. The summed E-state index contributed by atoms with van der Waals surface area (Å²) in [5, 5.41) is 6.15. The third-order valence-electron chi connectivity index (χ3n) is 4.56. The third-order valence-corrected chi connectivity index (χ3v) is 4.56. The zero-order valence-corrected chi connectivity index (χ0v) is 15.5. The zero-order valence-electron chi connectivity index (χ0n) is 15.5. The number of carbonyl (C=O) groups is 1. The first kappa shape index (κ1) is 18.7. The van der Waals surface area contributed by atoms with Crippen LogP contribution in [0, 0.1) is 0 Å². The second kappa shape index (κ2) is 7.79. The molecule has 0 saturated carbocycles. The van der Waals surface area contributed by atoms with Crippen LogP contribution in [0.25, 0.3) is 21.9 Å². The van der Waals surface area contributed by atoms with E-state index in [2.05, 4.69) is 14.8 Å². The molecule has 0 saturated heterocycles.